The molecule has 2 heterocycles. The number of aryl methyl sites for hydroxylation is 1. The third kappa shape index (κ3) is 3.88. The van der Waals surface area contributed by atoms with Crippen molar-refractivity contribution in [2.75, 3.05) is 7.05 Å². The van der Waals surface area contributed by atoms with E-state index < -0.39 is 0 Å². The van der Waals surface area contributed by atoms with Gasteiger partial charge in [0.25, 0.3) is 0 Å². The van der Waals surface area contributed by atoms with Gasteiger partial charge in [-0.3, -0.25) is 4.90 Å². The molecule has 0 aliphatic heterocycles. The zero-order chi connectivity index (χ0) is 13.7. The lowest BCUT2D eigenvalue weighted by Gasteiger charge is -2.21. The molecule has 4 nitrogen and oxygen atoms in total. The highest BCUT2D eigenvalue weighted by atomic mass is 32.1. The minimum absolute atomic E-state index is 0.367. The van der Waals surface area contributed by atoms with E-state index in [2.05, 4.69) is 53.4 Å². The average molecular weight is 279 g/mol. The maximum absolute atomic E-state index is 5.30. The van der Waals surface area contributed by atoms with Crippen molar-refractivity contribution in [3.63, 3.8) is 0 Å². The molecular weight excluding hydrogens is 258 g/mol. The lowest BCUT2D eigenvalue weighted by Crippen LogP contribution is -2.21. The number of hydrogen-bond acceptors (Lipinski definition) is 5. The molecule has 1 unspecified atom stereocenters. The predicted molar refractivity (Wildman–Crippen MR) is 77.1 cm³/mol. The molecule has 0 spiro atoms. The van der Waals surface area contributed by atoms with Crippen molar-refractivity contribution in [1.29, 1.82) is 0 Å². The molecule has 0 amide bonds. The molecule has 104 valence electrons. The summed E-state index contributed by atoms with van der Waals surface area (Å²) in [6, 6.07) is 4.61. The third-order valence-corrected chi connectivity index (χ3v) is 4.31. The van der Waals surface area contributed by atoms with Crippen LogP contribution in [-0.2, 0) is 13.0 Å². The van der Waals surface area contributed by atoms with Crippen LogP contribution in [0, 0.1) is 0 Å². The molecule has 2 rings (SSSR count). The number of hydrogen-bond donors (Lipinski definition) is 0. The van der Waals surface area contributed by atoms with E-state index in [-0.39, 0.29) is 0 Å². The topological polar surface area (TPSA) is 42.2 Å². The summed E-state index contributed by atoms with van der Waals surface area (Å²) in [7, 11) is 2.08. The summed E-state index contributed by atoms with van der Waals surface area (Å²) in [5.41, 5.74) is 0. The second-order valence-corrected chi connectivity index (χ2v) is 5.79. The molecule has 0 aliphatic carbocycles. The Bertz CT molecular complexity index is 481. The Labute approximate surface area is 118 Å². The highest BCUT2D eigenvalue weighted by molar-refractivity contribution is 7.10. The van der Waals surface area contributed by atoms with E-state index in [0.717, 1.165) is 25.1 Å². The number of nitrogens with zero attached hydrogens (tertiary/aromatic N) is 3. The van der Waals surface area contributed by atoms with Gasteiger partial charge < -0.3 is 4.52 Å². The third-order valence-electron chi connectivity index (χ3n) is 3.26. The van der Waals surface area contributed by atoms with E-state index in [0.29, 0.717) is 18.5 Å². The number of thiophene rings is 1. The Morgan fingerprint density at radius 1 is 1.47 bits per heavy atom. The molecule has 1 atom stereocenters. The number of aromatic nitrogens is 2. The number of rotatable bonds is 7. The fourth-order valence-corrected chi connectivity index (χ4v) is 2.74. The van der Waals surface area contributed by atoms with Gasteiger partial charge >= 0.3 is 0 Å². The monoisotopic (exact) mass is 279 g/mol. The van der Waals surface area contributed by atoms with Crippen LogP contribution in [-0.4, -0.2) is 22.1 Å². The lowest BCUT2D eigenvalue weighted by molar-refractivity contribution is 0.218. The van der Waals surface area contributed by atoms with Crippen molar-refractivity contribution >= 4 is 11.3 Å². The van der Waals surface area contributed by atoms with Gasteiger partial charge in [-0.15, -0.1) is 11.3 Å². The van der Waals surface area contributed by atoms with Gasteiger partial charge in [-0.25, -0.2) is 0 Å². The van der Waals surface area contributed by atoms with Crippen LogP contribution in [0.4, 0.5) is 0 Å². The zero-order valence-electron chi connectivity index (χ0n) is 11.8. The highest BCUT2D eigenvalue weighted by Crippen LogP contribution is 2.24. The molecule has 0 aromatic carbocycles. The first-order valence-corrected chi connectivity index (χ1v) is 7.63. The lowest BCUT2D eigenvalue weighted by atomic mass is 10.2. The summed E-state index contributed by atoms with van der Waals surface area (Å²) in [4.78, 5) is 8.02. The van der Waals surface area contributed by atoms with E-state index in [1.54, 1.807) is 11.3 Å². The van der Waals surface area contributed by atoms with Crippen molar-refractivity contribution in [3.8, 4) is 0 Å². The molecule has 2 aromatic rings. The Hall–Kier alpha value is -1.20. The van der Waals surface area contributed by atoms with Crippen molar-refractivity contribution < 1.29 is 4.52 Å². The summed E-state index contributed by atoms with van der Waals surface area (Å²) in [5.74, 6) is 1.53. The van der Waals surface area contributed by atoms with E-state index in [9.17, 15) is 0 Å². The van der Waals surface area contributed by atoms with E-state index in [4.69, 9.17) is 4.52 Å². The normalized spacial score (nSPS) is 13.1. The average Bonchev–Trinajstić information content (AvgIpc) is 3.06. The summed E-state index contributed by atoms with van der Waals surface area (Å²) < 4.78 is 5.30. The molecule has 0 saturated heterocycles. The summed E-state index contributed by atoms with van der Waals surface area (Å²) in [5, 5.41) is 6.13. The van der Waals surface area contributed by atoms with Crippen LogP contribution in [0.3, 0.4) is 0 Å². The highest BCUT2D eigenvalue weighted by Gasteiger charge is 2.16. The second-order valence-electron chi connectivity index (χ2n) is 4.81. The number of unbranched alkanes of at least 4 members (excludes halogenated alkanes) is 1. The van der Waals surface area contributed by atoms with E-state index in [1.165, 1.54) is 4.88 Å². The van der Waals surface area contributed by atoms with Crippen LogP contribution >= 0.6 is 11.3 Å². The molecule has 0 radical (unpaired) electrons. The molecule has 2 aromatic heterocycles. The van der Waals surface area contributed by atoms with Gasteiger partial charge in [-0.05, 0) is 31.8 Å². The Kier molecular flexibility index (Phi) is 5.10. The summed E-state index contributed by atoms with van der Waals surface area (Å²) >= 11 is 1.78. The van der Waals surface area contributed by atoms with Gasteiger partial charge in [0.1, 0.15) is 0 Å². The minimum Gasteiger partial charge on any atom is -0.338 e. The Morgan fingerprint density at radius 2 is 2.32 bits per heavy atom. The maximum atomic E-state index is 5.30. The van der Waals surface area contributed by atoms with Crippen molar-refractivity contribution in [3.05, 3.63) is 34.1 Å². The van der Waals surface area contributed by atoms with Gasteiger partial charge in [0.2, 0.25) is 5.89 Å². The van der Waals surface area contributed by atoms with Crippen LogP contribution in [0.15, 0.2) is 22.0 Å². The van der Waals surface area contributed by atoms with Crippen LogP contribution in [0.1, 0.15) is 49.3 Å². The van der Waals surface area contributed by atoms with Crippen LogP contribution < -0.4 is 0 Å². The minimum atomic E-state index is 0.367. The van der Waals surface area contributed by atoms with Crippen molar-refractivity contribution in [1.82, 2.24) is 15.0 Å². The first-order valence-electron chi connectivity index (χ1n) is 6.75. The Balaban J connectivity index is 1.91. The van der Waals surface area contributed by atoms with Gasteiger partial charge in [-0.1, -0.05) is 24.6 Å². The van der Waals surface area contributed by atoms with Gasteiger partial charge in [-0.2, -0.15) is 4.98 Å². The molecule has 5 heteroatoms. The van der Waals surface area contributed by atoms with Crippen molar-refractivity contribution in [2.45, 2.75) is 45.7 Å². The molecule has 19 heavy (non-hydrogen) atoms. The molecule has 0 N–H and O–H groups in total. The maximum Gasteiger partial charge on any atom is 0.240 e. The zero-order valence-corrected chi connectivity index (χ0v) is 12.6. The Morgan fingerprint density at radius 3 is 3.00 bits per heavy atom. The van der Waals surface area contributed by atoms with Gasteiger partial charge in [0, 0.05) is 17.3 Å². The smallest absolute Gasteiger partial charge is 0.240 e. The van der Waals surface area contributed by atoms with Gasteiger partial charge in [0.15, 0.2) is 5.82 Å². The van der Waals surface area contributed by atoms with E-state index >= 15 is 0 Å². The largest absolute Gasteiger partial charge is 0.338 e. The van der Waals surface area contributed by atoms with Crippen LogP contribution in [0.2, 0.25) is 0 Å². The second kappa shape index (κ2) is 6.82. The molecule has 0 aliphatic rings. The molecule has 0 saturated carbocycles. The SMILES string of the molecule is CCCCc1noc(CN(C)C(C)c2cccs2)n1. The first kappa shape index (κ1) is 14.2. The van der Waals surface area contributed by atoms with Crippen molar-refractivity contribution in [2.24, 2.45) is 0 Å². The summed E-state index contributed by atoms with van der Waals surface area (Å²) in [6.07, 6.45) is 3.17. The fourth-order valence-electron chi connectivity index (χ4n) is 1.89. The predicted octanol–water partition coefficient (Wildman–Crippen LogP) is 3.67. The standard InChI is InChI=1S/C14H21N3OS/c1-4-5-8-13-15-14(18-16-13)10-17(3)11(2)12-7-6-9-19-12/h6-7,9,11H,4-5,8,10H2,1-3H3. The summed E-state index contributed by atoms with van der Waals surface area (Å²) in [6.45, 7) is 5.05. The van der Waals surface area contributed by atoms with Crippen LogP contribution in [0.5, 0.6) is 0 Å². The molecule has 0 fully saturated rings. The molecular formula is C14H21N3OS. The van der Waals surface area contributed by atoms with Crippen LogP contribution in [0.25, 0.3) is 0 Å². The van der Waals surface area contributed by atoms with Gasteiger partial charge in [0.05, 0.1) is 6.54 Å². The molecule has 0 bridgehead atoms. The fraction of sp³-hybridized carbons (Fsp3) is 0.571. The first-order chi connectivity index (χ1) is 9.20. The quantitative estimate of drug-likeness (QED) is 0.775. The van der Waals surface area contributed by atoms with E-state index in [1.807, 2.05) is 0 Å².